The molecule has 1 aliphatic rings. The summed E-state index contributed by atoms with van der Waals surface area (Å²) in [4.78, 5) is 11.7. The molecule has 2 aromatic rings. The van der Waals surface area contributed by atoms with Gasteiger partial charge in [0.15, 0.2) is 0 Å². The summed E-state index contributed by atoms with van der Waals surface area (Å²) < 4.78 is 27.5. The highest BCUT2D eigenvalue weighted by molar-refractivity contribution is 7.94. The lowest BCUT2D eigenvalue weighted by molar-refractivity contribution is -0.117. The Bertz CT molecular complexity index is 813. The molecule has 0 bridgehead atoms. The Hall–Kier alpha value is -1.57. The number of benzene rings is 1. The van der Waals surface area contributed by atoms with Crippen LogP contribution in [0.15, 0.2) is 40.6 Å². The SMILES string of the molecule is O=C(Nc1cccc(NS(=O)(=O)c2ccc(Cl)s2)c1)C1CC1. The second-order valence-corrected chi connectivity index (χ2v) is 8.63. The molecule has 1 aliphatic carbocycles. The van der Waals surface area contributed by atoms with Gasteiger partial charge in [-0.05, 0) is 43.2 Å². The number of amides is 1. The van der Waals surface area contributed by atoms with Crippen LogP contribution in [-0.2, 0) is 14.8 Å². The molecule has 0 saturated heterocycles. The molecule has 1 amide bonds. The van der Waals surface area contributed by atoms with Crippen molar-refractivity contribution < 1.29 is 13.2 Å². The quantitative estimate of drug-likeness (QED) is 0.860. The van der Waals surface area contributed by atoms with Crippen molar-refractivity contribution in [1.82, 2.24) is 0 Å². The van der Waals surface area contributed by atoms with E-state index in [-0.39, 0.29) is 16.0 Å². The molecule has 1 aromatic heterocycles. The van der Waals surface area contributed by atoms with E-state index < -0.39 is 10.0 Å². The van der Waals surface area contributed by atoms with Crippen LogP contribution in [-0.4, -0.2) is 14.3 Å². The van der Waals surface area contributed by atoms with Crippen molar-refractivity contribution in [3.8, 4) is 0 Å². The zero-order chi connectivity index (χ0) is 15.7. The van der Waals surface area contributed by atoms with Gasteiger partial charge >= 0.3 is 0 Å². The summed E-state index contributed by atoms with van der Waals surface area (Å²) in [5, 5.41) is 2.78. The molecule has 8 heteroatoms. The molecule has 0 radical (unpaired) electrons. The minimum Gasteiger partial charge on any atom is -0.326 e. The molecule has 1 heterocycles. The minimum atomic E-state index is -3.67. The van der Waals surface area contributed by atoms with Crippen LogP contribution in [0.3, 0.4) is 0 Å². The van der Waals surface area contributed by atoms with Gasteiger partial charge in [0.2, 0.25) is 5.91 Å². The molecule has 3 rings (SSSR count). The van der Waals surface area contributed by atoms with E-state index in [0.29, 0.717) is 15.7 Å². The molecule has 5 nitrogen and oxygen atoms in total. The number of hydrogen-bond donors (Lipinski definition) is 2. The van der Waals surface area contributed by atoms with Crippen LogP contribution in [0.2, 0.25) is 4.34 Å². The number of halogens is 1. The predicted molar refractivity (Wildman–Crippen MR) is 87.9 cm³/mol. The smallest absolute Gasteiger partial charge is 0.271 e. The number of rotatable bonds is 5. The Labute approximate surface area is 137 Å². The first-order valence-corrected chi connectivity index (χ1v) is 9.31. The maximum atomic E-state index is 12.2. The fourth-order valence-corrected chi connectivity index (χ4v) is 4.43. The highest BCUT2D eigenvalue weighted by atomic mass is 35.5. The molecule has 1 fully saturated rings. The van der Waals surface area contributed by atoms with Gasteiger partial charge in [0.1, 0.15) is 4.21 Å². The topological polar surface area (TPSA) is 75.3 Å². The molecular formula is C14H13ClN2O3S2. The van der Waals surface area contributed by atoms with Crippen molar-refractivity contribution in [3.05, 3.63) is 40.7 Å². The summed E-state index contributed by atoms with van der Waals surface area (Å²) in [6, 6.07) is 9.61. The number of thiophene rings is 1. The predicted octanol–water partition coefficient (Wildman–Crippen LogP) is 3.55. The lowest BCUT2D eigenvalue weighted by atomic mass is 10.2. The summed E-state index contributed by atoms with van der Waals surface area (Å²) in [6.07, 6.45) is 1.83. The van der Waals surface area contributed by atoms with Crippen molar-refractivity contribution in [2.24, 2.45) is 5.92 Å². The average molecular weight is 357 g/mol. The molecule has 1 aromatic carbocycles. The summed E-state index contributed by atoms with van der Waals surface area (Å²) >= 11 is 6.75. The van der Waals surface area contributed by atoms with Crippen LogP contribution in [0, 0.1) is 5.92 Å². The van der Waals surface area contributed by atoms with E-state index in [2.05, 4.69) is 10.0 Å². The summed E-state index contributed by atoms with van der Waals surface area (Å²) in [7, 11) is -3.67. The van der Waals surface area contributed by atoms with Crippen LogP contribution in [0.5, 0.6) is 0 Å². The zero-order valence-corrected chi connectivity index (χ0v) is 13.8. The van der Waals surface area contributed by atoms with Crippen molar-refractivity contribution in [3.63, 3.8) is 0 Å². The van der Waals surface area contributed by atoms with Crippen LogP contribution in [0.4, 0.5) is 11.4 Å². The second-order valence-electron chi connectivity index (χ2n) is 5.01. The molecule has 2 N–H and O–H groups in total. The Balaban J connectivity index is 1.76. The van der Waals surface area contributed by atoms with E-state index in [9.17, 15) is 13.2 Å². The molecular weight excluding hydrogens is 344 g/mol. The average Bonchev–Trinajstić information content (AvgIpc) is 3.20. The third kappa shape index (κ3) is 3.60. The van der Waals surface area contributed by atoms with E-state index in [0.717, 1.165) is 24.2 Å². The van der Waals surface area contributed by atoms with E-state index in [1.54, 1.807) is 24.3 Å². The van der Waals surface area contributed by atoms with E-state index in [1.807, 2.05) is 0 Å². The van der Waals surface area contributed by atoms with Gasteiger partial charge < -0.3 is 5.32 Å². The van der Waals surface area contributed by atoms with E-state index >= 15 is 0 Å². The first-order chi connectivity index (χ1) is 10.4. The molecule has 0 unspecified atom stereocenters. The van der Waals surface area contributed by atoms with Gasteiger partial charge in [-0.25, -0.2) is 8.42 Å². The largest absolute Gasteiger partial charge is 0.326 e. The number of carbonyl (C=O) groups is 1. The van der Waals surface area contributed by atoms with Gasteiger partial charge in [0.05, 0.1) is 10.0 Å². The van der Waals surface area contributed by atoms with Gasteiger partial charge in [-0.2, -0.15) is 0 Å². The minimum absolute atomic E-state index is 0.0231. The van der Waals surface area contributed by atoms with Crippen molar-refractivity contribution >= 4 is 50.2 Å². The number of carbonyl (C=O) groups excluding carboxylic acids is 1. The summed E-state index contributed by atoms with van der Waals surface area (Å²) in [5.41, 5.74) is 0.958. The standard InChI is InChI=1S/C14H13ClN2O3S2/c15-12-6-7-13(21-12)22(19,20)17-11-3-1-2-10(8-11)16-14(18)9-4-5-9/h1-3,6-9,17H,4-5H2,(H,16,18). The maximum Gasteiger partial charge on any atom is 0.271 e. The fraction of sp³-hybridized carbons (Fsp3) is 0.214. The van der Waals surface area contributed by atoms with Crippen LogP contribution in [0.1, 0.15) is 12.8 Å². The maximum absolute atomic E-state index is 12.2. The normalized spacial score (nSPS) is 14.6. The molecule has 116 valence electrons. The van der Waals surface area contributed by atoms with E-state index in [4.69, 9.17) is 11.6 Å². The van der Waals surface area contributed by atoms with Crippen LogP contribution >= 0.6 is 22.9 Å². The van der Waals surface area contributed by atoms with Gasteiger partial charge in [-0.15, -0.1) is 11.3 Å². The molecule has 22 heavy (non-hydrogen) atoms. The molecule has 0 atom stereocenters. The van der Waals surface area contributed by atoms with Gasteiger partial charge in [-0.3, -0.25) is 9.52 Å². The molecule has 1 saturated carbocycles. The third-order valence-electron chi connectivity index (χ3n) is 3.14. The molecule has 0 aliphatic heterocycles. The van der Waals surface area contributed by atoms with Gasteiger partial charge in [0, 0.05) is 11.6 Å². The van der Waals surface area contributed by atoms with E-state index in [1.165, 1.54) is 12.1 Å². The molecule has 0 spiro atoms. The van der Waals surface area contributed by atoms with Crippen molar-refractivity contribution in [2.75, 3.05) is 10.0 Å². The number of hydrogen-bond acceptors (Lipinski definition) is 4. The Morgan fingerprint density at radius 1 is 1.18 bits per heavy atom. The lowest BCUT2D eigenvalue weighted by Gasteiger charge is -2.09. The number of sulfonamides is 1. The summed E-state index contributed by atoms with van der Waals surface area (Å²) in [5.74, 6) is 0.0682. The monoisotopic (exact) mass is 356 g/mol. The highest BCUT2D eigenvalue weighted by Gasteiger charge is 2.29. The second kappa shape index (κ2) is 5.91. The van der Waals surface area contributed by atoms with Gasteiger partial charge in [0.25, 0.3) is 10.0 Å². The van der Waals surface area contributed by atoms with Crippen molar-refractivity contribution in [2.45, 2.75) is 17.1 Å². The van der Waals surface area contributed by atoms with Crippen LogP contribution < -0.4 is 10.0 Å². The number of nitrogens with one attached hydrogen (secondary N) is 2. The Morgan fingerprint density at radius 2 is 1.91 bits per heavy atom. The van der Waals surface area contributed by atoms with Crippen molar-refractivity contribution in [1.29, 1.82) is 0 Å². The number of anilines is 2. The first kappa shape index (κ1) is 15.3. The van der Waals surface area contributed by atoms with Crippen LogP contribution in [0.25, 0.3) is 0 Å². The highest BCUT2D eigenvalue weighted by Crippen LogP contribution is 2.31. The Morgan fingerprint density at radius 3 is 2.55 bits per heavy atom. The first-order valence-electron chi connectivity index (χ1n) is 6.63. The zero-order valence-electron chi connectivity index (χ0n) is 11.4. The summed E-state index contributed by atoms with van der Waals surface area (Å²) in [6.45, 7) is 0. The Kier molecular flexibility index (Phi) is 4.12. The van der Waals surface area contributed by atoms with Gasteiger partial charge in [-0.1, -0.05) is 17.7 Å². The lowest BCUT2D eigenvalue weighted by Crippen LogP contribution is -2.14. The third-order valence-corrected chi connectivity index (χ3v) is 6.25. The fourth-order valence-electron chi connectivity index (χ4n) is 1.90.